The predicted molar refractivity (Wildman–Crippen MR) is 117 cm³/mol. The zero-order valence-corrected chi connectivity index (χ0v) is 16.6. The minimum atomic E-state index is -0.554. The first-order chi connectivity index (χ1) is 15.0. The highest BCUT2D eigenvalue weighted by molar-refractivity contribution is 5.80. The fraction of sp³-hybridized carbons (Fsp3) is 0.143. The van der Waals surface area contributed by atoms with Gasteiger partial charge in [-0.2, -0.15) is 10.1 Å². The number of aromatic nitrogens is 4. The average Bonchev–Trinajstić information content (AvgIpc) is 3.13. The molecule has 0 unspecified atom stereocenters. The van der Waals surface area contributed by atoms with E-state index in [-0.39, 0.29) is 29.5 Å². The first-order valence-corrected chi connectivity index (χ1v) is 9.48. The number of ether oxygens (including phenoxy) is 1. The van der Waals surface area contributed by atoms with Crippen molar-refractivity contribution in [2.24, 2.45) is 12.1 Å². The molecule has 2 aromatic heterocycles. The van der Waals surface area contributed by atoms with Crippen LogP contribution in [-0.4, -0.2) is 37.0 Å². The number of aromatic hydroxyl groups is 1. The summed E-state index contributed by atoms with van der Waals surface area (Å²) in [6.45, 7) is 0.567. The van der Waals surface area contributed by atoms with E-state index in [1.54, 1.807) is 35.0 Å². The molecule has 0 atom stereocenters. The summed E-state index contributed by atoms with van der Waals surface area (Å²) >= 11 is 0. The van der Waals surface area contributed by atoms with Crippen molar-refractivity contribution in [3.8, 4) is 11.5 Å². The number of anilines is 1. The van der Waals surface area contributed by atoms with E-state index < -0.39 is 11.2 Å². The lowest BCUT2D eigenvalue weighted by Crippen LogP contribution is -2.29. The number of phenolic OH excluding ortho intramolecular Hbond substituents is 1. The van der Waals surface area contributed by atoms with Crippen molar-refractivity contribution in [1.29, 1.82) is 0 Å². The smallest absolute Gasteiger partial charge is 0.329 e. The van der Waals surface area contributed by atoms with E-state index in [1.165, 1.54) is 11.6 Å². The number of phenols is 1. The number of fused-ring (bicyclic) bond motifs is 1. The lowest BCUT2D eigenvalue weighted by atomic mass is 10.2. The molecule has 0 amide bonds. The van der Waals surface area contributed by atoms with E-state index in [4.69, 9.17) is 4.74 Å². The van der Waals surface area contributed by atoms with Gasteiger partial charge in [-0.05, 0) is 42.0 Å². The summed E-state index contributed by atoms with van der Waals surface area (Å²) in [6.07, 6.45) is 1.55. The first-order valence-electron chi connectivity index (χ1n) is 9.48. The van der Waals surface area contributed by atoms with Crippen LogP contribution in [0.5, 0.6) is 11.5 Å². The minimum Gasteiger partial charge on any atom is -0.508 e. The van der Waals surface area contributed by atoms with Gasteiger partial charge in [0.15, 0.2) is 11.2 Å². The van der Waals surface area contributed by atoms with Crippen molar-refractivity contribution in [3.05, 3.63) is 81.0 Å². The van der Waals surface area contributed by atoms with Crippen molar-refractivity contribution in [2.75, 3.05) is 12.0 Å². The van der Waals surface area contributed by atoms with Gasteiger partial charge in [0.2, 0.25) is 5.95 Å². The third kappa shape index (κ3) is 4.32. The predicted octanol–water partition coefficient (Wildman–Crippen LogP) is 1.65. The molecule has 0 aliphatic rings. The van der Waals surface area contributed by atoms with Crippen LogP contribution in [0.1, 0.15) is 5.56 Å². The van der Waals surface area contributed by atoms with Crippen LogP contribution in [-0.2, 0) is 13.6 Å². The maximum absolute atomic E-state index is 12.5. The molecular weight excluding hydrogens is 400 g/mol. The van der Waals surface area contributed by atoms with Crippen LogP contribution in [0.2, 0.25) is 0 Å². The molecule has 0 radical (unpaired) electrons. The second-order valence-electron chi connectivity index (χ2n) is 6.70. The Hall–Kier alpha value is -4.34. The van der Waals surface area contributed by atoms with Crippen molar-refractivity contribution in [3.63, 3.8) is 0 Å². The quantitative estimate of drug-likeness (QED) is 0.308. The van der Waals surface area contributed by atoms with Crippen molar-refractivity contribution < 1.29 is 9.84 Å². The molecule has 0 aliphatic carbocycles. The maximum Gasteiger partial charge on any atom is 0.329 e. The highest BCUT2D eigenvalue weighted by atomic mass is 16.5. The molecular formula is C21H20N6O4. The number of aromatic amines is 1. The Morgan fingerprint density at radius 3 is 2.65 bits per heavy atom. The lowest BCUT2D eigenvalue weighted by molar-refractivity contribution is 0.301. The molecule has 4 rings (SSSR count). The molecule has 3 N–H and O–H groups in total. The molecule has 2 aromatic carbocycles. The van der Waals surface area contributed by atoms with Crippen LogP contribution in [0.3, 0.4) is 0 Å². The van der Waals surface area contributed by atoms with Gasteiger partial charge in [-0.15, -0.1) is 0 Å². The topological polar surface area (TPSA) is 127 Å². The second kappa shape index (κ2) is 8.57. The number of imidazole rings is 1. The van der Waals surface area contributed by atoms with E-state index >= 15 is 0 Å². The average molecular weight is 420 g/mol. The third-order valence-electron chi connectivity index (χ3n) is 4.61. The first kappa shape index (κ1) is 20.0. The lowest BCUT2D eigenvalue weighted by Gasteiger charge is -2.10. The Morgan fingerprint density at radius 2 is 1.90 bits per heavy atom. The minimum absolute atomic E-state index is 0.158. The van der Waals surface area contributed by atoms with Gasteiger partial charge < -0.3 is 9.84 Å². The molecule has 0 aliphatic heterocycles. The van der Waals surface area contributed by atoms with E-state index in [2.05, 4.69) is 20.5 Å². The highest BCUT2D eigenvalue weighted by Gasteiger charge is 2.17. The van der Waals surface area contributed by atoms with Gasteiger partial charge in [0.1, 0.15) is 18.1 Å². The zero-order valence-electron chi connectivity index (χ0n) is 16.6. The molecule has 0 bridgehead atoms. The van der Waals surface area contributed by atoms with Crippen molar-refractivity contribution in [1.82, 2.24) is 19.1 Å². The molecule has 2 heterocycles. The molecule has 0 saturated heterocycles. The molecule has 10 nitrogen and oxygen atoms in total. The fourth-order valence-electron chi connectivity index (χ4n) is 3.03. The van der Waals surface area contributed by atoms with Gasteiger partial charge >= 0.3 is 5.69 Å². The largest absolute Gasteiger partial charge is 0.508 e. The summed E-state index contributed by atoms with van der Waals surface area (Å²) in [5.74, 6) is 1.15. The van der Waals surface area contributed by atoms with Crippen LogP contribution in [0.25, 0.3) is 11.2 Å². The van der Waals surface area contributed by atoms with Gasteiger partial charge in [0, 0.05) is 7.05 Å². The second-order valence-corrected chi connectivity index (χ2v) is 6.70. The summed E-state index contributed by atoms with van der Waals surface area (Å²) in [7, 11) is 1.53. The normalized spacial score (nSPS) is 11.3. The SMILES string of the molecule is Cn1c(=O)[nH]c(=O)c2c1nc(NN=Cc1ccc(O)cc1)n2CCOc1ccccc1. The number of para-hydroxylation sites is 1. The van der Waals surface area contributed by atoms with Gasteiger partial charge in [-0.25, -0.2) is 10.2 Å². The van der Waals surface area contributed by atoms with Crippen molar-refractivity contribution in [2.45, 2.75) is 6.54 Å². The number of hydrazone groups is 1. The summed E-state index contributed by atoms with van der Waals surface area (Å²) < 4.78 is 8.62. The highest BCUT2D eigenvalue weighted by Crippen LogP contribution is 2.16. The summed E-state index contributed by atoms with van der Waals surface area (Å²) in [5.41, 5.74) is 2.95. The van der Waals surface area contributed by atoms with Gasteiger partial charge in [0.25, 0.3) is 5.56 Å². The Kier molecular flexibility index (Phi) is 5.52. The number of hydrogen-bond acceptors (Lipinski definition) is 7. The number of rotatable bonds is 7. The molecule has 158 valence electrons. The third-order valence-corrected chi connectivity index (χ3v) is 4.61. The Bertz CT molecular complexity index is 1340. The summed E-state index contributed by atoms with van der Waals surface area (Å²) in [5, 5.41) is 13.5. The number of aryl methyl sites for hydroxylation is 1. The molecule has 0 spiro atoms. The van der Waals surface area contributed by atoms with Gasteiger partial charge in [-0.1, -0.05) is 18.2 Å². The molecule has 10 heteroatoms. The van der Waals surface area contributed by atoms with E-state index in [0.717, 1.165) is 5.56 Å². The summed E-state index contributed by atoms with van der Waals surface area (Å²) in [6, 6.07) is 15.8. The van der Waals surface area contributed by atoms with E-state index in [9.17, 15) is 14.7 Å². The maximum atomic E-state index is 12.5. The summed E-state index contributed by atoms with van der Waals surface area (Å²) in [4.78, 5) is 31.1. The number of nitrogens with zero attached hydrogens (tertiary/aromatic N) is 4. The Balaban J connectivity index is 1.64. The van der Waals surface area contributed by atoms with Gasteiger partial charge in [-0.3, -0.25) is 18.9 Å². The number of hydrogen-bond donors (Lipinski definition) is 3. The van der Waals surface area contributed by atoms with Crippen LogP contribution < -0.4 is 21.4 Å². The standard InChI is InChI=1S/C21H20N6O4/c1-26-18-17(19(29)24-21(26)30)27(11-12-31-16-5-3-2-4-6-16)20(23-18)25-22-13-14-7-9-15(28)10-8-14/h2-10,13,28H,11-12H2,1H3,(H,23,25)(H,24,29,30). The number of H-pyrrole nitrogens is 1. The Labute approximate surface area is 176 Å². The molecule has 0 fully saturated rings. The van der Waals surface area contributed by atoms with Crippen LogP contribution in [0, 0.1) is 0 Å². The van der Waals surface area contributed by atoms with E-state index in [1.807, 2.05) is 30.3 Å². The fourth-order valence-corrected chi connectivity index (χ4v) is 3.03. The molecule has 4 aromatic rings. The Morgan fingerprint density at radius 1 is 1.16 bits per heavy atom. The van der Waals surface area contributed by atoms with Crippen LogP contribution in [0.15, 0.2) is 69.3 Å². The van der Waals surface area contributed by atoms with Crippen molar-refractivity contribution >= 4 is 23.3 Å². The monoisotopic (exact) mass is 420 g/mol. The molecule has 31 heavy (non-hydrogen) atoms. The number of benzene rings is 2. The molecule has 0 saturated carbocycles. The number of nitrogens with one attached hydrogen (secondary N) is 2. The zero-order chi connectivity index (χ0) is 21.8. The van der Waals surface area contributed by atoms with Gasteiger partial charge in [0.05, 0.1) is 12.8 Å². The van der Waals surface area contributed by atoms with E-state index in [0.29, 0.717) is 12.3 Å². The van der Waals surface area contributed by atoms with Crippen LogP contribution >= 0.6 is 0 Å². The van der Waals surface area contributed by atoms with Crippen LogP contribution in [0.4, 0.5) is 5.95 Å².